The molecule has 1 radical (unpaired) electrons. The summed E-state index contributed by atoms with van der Waals surface area (Å²) in [5.41, 5.74) is 0. The largest absolute Gasteiger partial charge is 0.885 e. The van der Waals surface area contributed by atoms with Crippen LogP contribution in [-0.4, -0.2) is 33.3 Å². The van der Waals surface area contributed by atoms with Crippen LogP contribution in [0.5, 0.6) is 0 Å². The third-order valence-corrected chi connectivity index (χ3v) is 6.05. The SMILES string of the molecule is CCCCCCCCCCCC(=O)[O][Al][O]C(=O)CCCCCCCCCCC.O. The zero-order valence-electron chi connectivity index (χ0n) is 19.9. The van der Waals surface area contributed by atoms with Crippen molar-refractivity contribution in [1.29, 1.82) is 0 Å². The lowest BCUT2D eigenvalue weighted by Gasteiger charge is -2.06. The normalized spacial score (nSPS) is 10.3. The van der Waals surface area contributed by atoms with Gasteiger partial charge in [0.1, 0.15) is 0 Å². The zero-order valence-corrected chi connectivity index (χ0v) is 21.0. The number of carbonyl (C=O) groups is 2. The van der Waals surface area contributed by atoms with Gasteiger partial charge in [0.15, 0.2) is 0 Å². The van der Waals surface area contributed by atoms with Crippen LogP contribution in [0.2, 0.25) is 0 Å². The predicted molar refractivity (Wildman–Crippen MR) is 125 cm³/mol. The molecule has 0 amide bonds. The highest BCUT2D eigenvalue weighted by Gasteiger charge is 2.13. The molecule has 0 saturated carbocycles. The van der Waals surface area contributed by atoms with E-state index in [0.29, 0.717) is 12.8 Å². The van der Waals surface area contributed by atoms with E-state index >= 15 is 0 Å². The molecule has 0 aliphatic rings. The quantitative estimate of drug-likeness (QED) is 0.139. The van der Waals surface area contributed by atoms with Crippen LogP contribution in [-0.2, 0) is 17.2 Å². The average Bonchev–Trinajstić information content (AvgIpc) is 2.71. The highest BCUT2D eigenvalue weighted by Crippen LogP contribution is 2.12. The summed E-state index contributed by atoms with van der Waals surface area (Å²) in [5.74, 6) is -0.447. The van der Waals surface area contributed by atoms with Crippen molar-refractivity contribution in [3.05, 3.63) is 0 Å². The van der Waals surface area contributed by atoms with Gasteiger partial charge in [-0.05, 0) is 12.8 Å². The molecule has 0 rings (SSSR count). The van der Waals surface area contributed by atoms with Gasteiger partial charge in [0.25, 0.3) is 11.9 Å². The summed E-state index contributed by atoms with van der Waals surface area (Å²) in [5, 5.41) is 0. The number of rotatable bonds is 22. The Labute approximate surface area is 192 Å². The van der Waals surface area contributed by atoms with Gasteiger partial charge >= 0.3 is 15.9 Å². The van der Waals surface area contributed by atoms with Crippen molar-refractivity contribution >= 4 is 27.8 Å². The van der Waals surface area contributed by atoms with E-state index in [1.165, 1.54) is 89.9 Å². The van der Waals surface area contributed by atoms with E-state index < -0.39 is 15.9 Å². The van der Waals surface area contributed by atoms with Gasteiger partial charge in [0.2, 0.25) is 0 Å². The third kappa shape index (κ3) is 25.5. The fraction of sp³-hybridized carbons (Fsp3) is 0.917. The van der Waals surface area contributed by atoms with Crippen molar-refractivity contribution in [3.8, 4) is 0 Å². The smallest absolute Gasteiger partial charge is 0.589 e. The second kappa shape index (κ2) is 26.5. The summed E-state index contributed by atoms with van der Waals surface area (Å²) >= 11 is -0.989. The summed E-state index contributed by atoms with van der Waals surface area (Å²) in [7, 11) is 0. The first-order valence-electron chi connectivity index (χ1n) is 12.4. The third-order valence-electron chi connectivity index (χ3n) is 5.33. The standard InChI is InChI=1S/2C12H24O2.Al.H2O/c2*1-2-3-4-5-6-7-8-9-10-11-12(13)14;;/h2*2-11H2,1H3,(H,13,14);;1H2/q;;+2;/p-2. The average molecular weight is 444 g/mol. The Kier molecular flexibility index (Phi) is 27.9. The minimum absolute atomic E-state index is 0. The second-order valence-corrected chi connectivity index (χ2v) is 8.90. The molecule has 2 N–H and O–H groups in total. The fourth-order valence-electron chi connectivity index (χ4n) is 3.41. The first-order chi connectivity index (χ1) is 14.2. The van der Waals surface area contributed by atoms with Crippen molar-refractivity contribution in [2.24, 2.45) is 0 Å². The molecule has 0 bridgehead atoms. The molecule has 5 nitrogen and oxygen atoms in total. The second-order valence-electron chi connectivity index (χ2n) is 8.23. The van der Waals surface area contributed by atoms with Crippen LogP contribution in [0.25, 0.3) is 0 Å². The van der Waals surface area contributed by atoms with Crippen LogP contribution in [0.1, 0.15) is 142 Å². The lowest BCUT2D eigenvalue weighted by atomic mass is 10.1. The summed E-state index contributed by atoms with van der Waals surface area (Å²) in [6.45, 7) is 4.47. The Balaban J connectivity index is 0. The van der Waals surface area contributed by atoms with Gasteiger partial charge in [-0.15, -0.1) is 0 Å². The Morgan fingerprint density at radius 1 is 0.500 bits per heavy atom. The number of carbonyl (C=O) groups excluding carboxylic acids is 2. The monoisotopic (exact) mass is 443 g/mol. The molecule has 0 saturated heterocycles. The van der Waals surface area contributed by atoms with Gasteiger partial charge in [-0.2, -0.15) is 0 Å². The minimum Gasteiger partial charge on any atom is -0.589 e. The Morgan fingerprint density at radius 2 is 0.767 bits per heavy atom. The molecular formula is C24H48AlO5. The zero-order chi connectivity index (χ0) is 21.4. The summed E-state index contributed by atoms with van der Waals surface area (Å²) < 4.78 is 10.2. The van der Waals surface area contributed by atoms with Crippen LogP contribution in [0, 0.1) is 0 Å². The molecule has 0 heterocycles. The molecule has 30 heavy (non-hydrogen) atoms. The van der Waals surface area contributed by atoms with Gasteiger partial charge in [0, 0.05) is 12.8 Å². The highest BCUT2D eigenvalue weighted by molar-refractivity contribution is 6.25. The predicted octanol–water partition coefficient (Wildman–Crippen LogP) is 6.62. The number of hydrogen-bond donors (Lipinski definition) is 0. The Bertz CT molecular complexity index is 343. The first-order valence-corrected chi connectivity index (χ1v) is 13.4. The van der Waals surface area contributed by atoms with Crippen molar-refractivity contribution < 1.29 is 22.6 Å². The highest BCUT2D eigenvalue weighted by atomic mass is 27.2. The molecule has 0 fully saturated rings. The first kappa shape index (κ1) is 31.6. The number of unbranched alkanes of at least 4 members (excludes halogenated alkanes) is 16. The topological polar surface area (TPSA) is 84.1 Å². The van der Waals surface area contributed by atoms with Gasteiger partial charge in [-0.3, -0.25) is 9.59 Å². The summed E-state index contributed by atoms with van der Waals surface area (Å²) in [4.78, 5) is 23.3. The van der Waals surface area contributed by atoms with Crippen molar-refractivity contribution in [3.63, 3.8) is 0 Å². The van der Waals surface area contributed by atoms with E-state index in [9.17, 15) is 9.59 Å². The molecule has 177 valence electrons. The van der Waals surface area contributed by atoms with Crippen LogP contribution < -0.4 is 0 Å². The van der Waals surface area contributed by atoms with Crippen molar-refractivity contribution in [1.82, 2.24) is 0 Å². The summed E-state index contributed by atoms with van der Waals surface area (Å²) in [6, 6.07) is 0. The lowest BCUT2D eigenvalue weighted by Crippen LogP contribution is -2.15. The van der Waals surface area contributed by atoms with Gasteiger partial charge in [-0.25, -0.2) is 0 Å². The Hall–Kier alpha value is -0.568. The van der Waals surface area contributed by atoms with E-state index in [0.717, 1.165) is 25.7 Å². The van der Waals surface area contributed by atoms with E-state index in [1.54, 1.807) is 0 Å². The molecule has 0 spiro atoms. The molecule has 0 aromatic rings. The van der Waals surface area contributed by atoms with E-state index in [-0.39, 0.29) is 17.4 Å². The van der Waals surface area contributed by atoms with Crippen molar-refractivity contribution in [2.75, 3.05) is 0 Å². The lowest BCUT2D eigenvalue weighted by molar-refractivity contribution is -0.139. The van der Waals surface area contributed by atoms with Gasteiger partial charge in [-0.1, -0.05) is 117 Å². The molecule has 0 aliphatic heterocycles. The molecule has 0 aliphatic carbocycles. The maximum atomic E-state index is 11.7. The number of hydrogen-bond acceptors (Lipinski definition) is 4. The molecule has 0 aromatic carbocycles. The molecule has 0 aromatic heterocycles. The van der Waals surface area contributed by atoms with Crippen molar-refractivity contribution in [2.45, 2.75) is 142 Å². The van der Waals surface area contributed by atoms with Crippen LogP contribution in [0.15, 0.2) is 0 Å². The van der Waals surface area contributed by atoms with Gasteiger partial charge in [0.05, 0.1) is 0 Å². The maximum absolute atomic E-state index is 11.7. The van der Waals surface area contributed by atoms with E-state index in [4.69, 9.17) is 7.58 Å². The fourth-order valence-corrected chi connectivity index (χ4v) is 3.91. The van der Waals surface area contributed by atoms with Crippen LogP contribution in [0.3, 0.4) is 0 Å². The summed E-state index contributed by atoms with van der Waals surface area (Å²) in [6.07, 6.45) is 23.0. The molecule has 0 unspecified atom stereocenters. The minimum atomic E-state index is -0.989. The molecular weight excluding hydrogens is 395 g/mol. The maximum Gasteiger partial charge on any atom is 0.885 e. The van der Waals surface area contributed by atoms with E-state index in [2.05, 4.69) is 13.8 Å². The van der Waals surface area contributed by atoms with E-state index in [1.807, 2.05) is 0 Å². The van der Waals surface area contributed by atoms with Gasteiger partial charge < -0.3 is 13.1 Å². The molecule has 6 heteroatoms. The van der Waals surface area contributed by atoms with Crippen LogP contribution in [0.4, 0.5) is 0 Å². The van der Waals surface area contributed by atoms with Crippen LogP contribution >= 0.6 is 0 Å². The molecule has 0 atom stereocenters. The Morgan fingerprint density at radius 3 is 1.07 bits per heavy atom.